The SMILES string of the molecule is COCC(=O)N1Cc2c(CC=O)nc3c(Cl)c(Cl)c(OC)cc3c2[C@@H]1C. The van der Waals surface area contributed by atoms with Crippen molar-refractivity contribution in [1.82, 2.24) is 9.88 Å². The van der Waals surface area contributed by atoms with E-state index in [1.54, 1.807) is 11.0 Å². The molecule has 6 nitrogen and oxygen atoms in total. The molecule has 1 aromatic carbocycles. The number of fused-ring (bicyclic) bond motifs is 3. The van der Waals surface area contributed by atoms with Gasteiger partial charge in [0.25, 0.3) is 0 Å². The zero-order chi connectivity index (χ0) is 19.0. The first-order valence-electron chi connectivity index (χ1n) is 8.03. The molecule has 1 amide bonds. The molecule has 1 aromatic heterocycles. The molecule has 0 radical (unpaired) electrons. The van der Waals surface area contributed by atoms with Crippen LogP contribution in [0.3, 0.4) is 0 Å². The second kappa shape index (κ2) is 7.39. The fourth-order valence-electron chi connectivity index (χ4n) is 3.45. The van der Waals surface area contributed by atoms with E-state index in [1.165, 1.54) is 14.2 Å². The van der Waals surface area contributed by atoms with Crippen LogP contribution in [0.1, 0.15) is 29.8 Å². The minimum atomic E-state index is -0.217. The minimum Gasteiger partial charge on any atom is -0.495 e. The van der Waals surface area contributed by atoms with Crippen LogP contribution in [0.5, 0.6) is 5.75 Å². The molecule has 0 saturated heterocycles. The number of aromatic nitrogens is 1. The molecule has 0 unspecified atom stereocenters. The lowest BCUT2D eigenvalue weighted by atomic mass is 9.97. The maximum absolute atomic E-state index is 12.4. The number of benzene rings is 1. The van der Waals surface area contributed by atoms with E-state index in [-0.39, 0.29) is 35.0 Å². The molecule has 2 aromatic rings. The standard InChI is InChI=1S/C18H18Cl2N2O4/c1-9-15-10-6-13(26-3)16(19)17(20)18(10)21-12(4-5-23)11(15)7-22(9)14(24)8-25-2/h5-6,9H,4,7-8H2,1-3H3/t9-/m0/s1. The number of aldehydes is 1. The van der Waals surface area contributed by atoms with Crippen LogP contribution in [-0.4, -0.2) is 42.9 Å². The predicted octanol–water partition coefficient (Wildman–Crippen LogP) is 3.34. The van der Waals surface area contributed by atoms with Crippen molar-refractivity contribution < 1.29 is 19.1 Å². The highest BCUT2D eigenvalue weighted by Gasteiger charge is 2.35. The second-order valence-electron chi connectivity index (χ2n) is 6.06. The van der Waals surface area contributed by atoms with E-state index in [4.69, 9.17) is 32.7 Å². The summed E-state index contributed by atoms with van der Waals surface area (Å²) < 4.78 is 10.3. The van der Waals surface area contributed by atoms with Crippen molar-refractivity contribution in [3.63, 3.8) is 0 Å². The number of carbonyl (C=O) groups excluding carboxylic acids is 2. The number of rotatable bonds is 5. The van der Waals surface area contributed by atoms with Crippen LogP contribution in [0.25, 0.3) is 10.9 Å². The first-order valence-corrected chi connectivity index (χ1v) is 8.79. The lowest BCUT2D eigenvalue weighted by Crippen LogP contribution is -2.31. The van der Waals surface area contributed by atoms with E-state index in [0.717, 1.165) is 22.8 Å². The zero-order valence-electron chi connectivity index (χ0n) is 14.6. The largest absolute Gasteiger partial charge is 0.495 e. The van der Waals surface area contributed by atoms with E-state index in [1.807, 2.05) is 6.92 Å². The van der Waals surface area contributed by atoms with Crippen molar-refractivity contribution in [1.29, 1.82) is 0 Å². The van der Waals surface area contributed by atoms with Crippen LogP contribution in [0.4, 0.5) is 0 Å². The molecule has 0 bridgehead atoms. The third-order valence-electron chi connectivity index (χ3n) is 4.66. The first-order chi connectivity index (χ1) is 12.4. The average molecular weight is 397 g/mol. The van der Waals surface area contributed by atoms with Crippen molar-refractivity contribution in [2.45, 2.75) is 25.9 Å². The summed E-state index contributed by atoms with van der Waals surface area (Å²) in [6.07, 6.45) is 0.926. The van der Waals surface area contributed by atoms with Gasteiger partial charge in [-0.25, -0.2) is 0 Å². The van der Waals surface area contributed by atoms with E-state index >= 15 is 0 Å². The van der Waals surface area contributed by atoms with Crippen molar-refractivity contribution in [2.24, 2.45) is 0 Å². The molecule has 0 N–H and O–H groups in total. The summed E-state index contributed by atoms with van der Waals surface area (Å²) in [5.41, 5.74) is 2.88. The molecule has 1 atom stereocenters. The van der Waals surface area contributed by atoms with Gasteiger partial charge in [0.2, 0.25) is 5.91 Å². The van der Waals surface area contributed by atoms with Gasteiger partial charge < -0.3 is 19.2 Å². The van der Waals surface area contributed by atoms with Crippen LogP contribution in [0, 0.1) is 0 Å². The summed E-state index contributed by atoms with van der Waals surface area (Å²) in [5.74, 6) is 0.304. The molecule has 0 aliphatic carbocycles. The number of methoxy groups -OCH3 is 2. The molecule has 138 valence electrons. The number of hydrogen-bond donors (Lipinski definition) is 0. The van der Waals surface area contributed by atoms with E-state index in [9.17, 15) is 9.59 Å². The molecule has 0 spiro atoms. The molecule has 1 aliphatic rings. The Balaban J connectivity index is 2.28. The maximum Gasteiger partial charge on any atom is 0.249 e. The highest BCUT2D eigenvalue weighted by Crippen LogP contribution is 2.45. The summed E-state index contributed by atoms with van der Waals surface area (Å²) in [6.45, 7) is 2.29. The Morgan fingerprint density at radius 1 is 1.38 bits per heavy atom. The Kier molecular flexibility index (Phi) is 5.37. The van der Waals surface area contributed by atoms with Gasteiger partial charge in [0, 0.05) is 25.5 Å². The number of amides is 1. The van der Waals surface area contributed by atoms with Gasteiger partial charge in [0.1, 0.15) is 23.7 Å². The number of ether oxygens (including phenoxy) is 2. The fourth-order valence-corrected chi connectivity index (χ4v) is 3.91. The molecule has 26 heavy (non-hydrogen) atoms. The van der Waals surface area contributed by atoms with E-state index in [2.05, 4.69) is 4.98 Å². The number of halogens is 2. The lowest BCUT2D eigenvalue weighted by Gasteiger charge is -2.22. The average Bonchev–Trinajstić information content (AvgIpc) is 2.97. The zero-order valence-corrected chi connectivity index (χ0v) is 16.1. The highest BCUT2D eigenvalue weighted by molar-refractivity contribution is 6.46. The van der Waals surface area contributed by atoms with Crippen molar-refractivity contribution >= 4 is 46.3 Å². The van der Waals surface area contributed by atoms with Crippen LogP contribution < -0.4 is 4.74 Å². The fraction of sp³-hybridized carbons (Fsp3) is 0.389. The number of carbonyl (C=O) groups is 2. The lowest BCUT2D eigenvalue weighted by molar-refractivity contribution is -0.137. The van der Waals surface area contributed by atoms with Gasteiger partial charge >= 0.3 is 0 Å². The van der Waals surface area contributed by atoms with Crippen LogP contribution in [0.2, 0.25) is 10.0 Å². The normalized spacial score (nSPS) is 16.0. The molecule has 1 aliphatic heterocycles. The summed E-state index contributed by atoms with van der Waals surface area (Å²) >= 11 is 12.7. The molecule has 8 heteroatoms. The van der Waals surface area contributed by atoms with Gasteiger partial charge in [0.05, 0.1) is 29.4 Å². The molecule has 3 rings (SSSR count). The highest BCUT2D eigenvalue weighted by atomic mass is 35.5. The van der Waals surface area contributed by atoms with Crippen molar-refractivity contribution in [2.75, 3.05) is 20.8 Å². The Labute approximate surface area is 161 Å². The summed E-state index contributed by atoms with van der Waals surface area (Å²) in [6, 6.07) is 1.56. The van der Waals surface area contributed by atoms with Gasteiger partial charge in [-0.1, -0.05) is 23.2 Å². The van der Waals surface area contributed by atoms with Crippen molar-refractivity contribution in [3.05, 3.63) is 32.9 Å². The Morgan fingerprint density at radius 3 is 2.73 bits per heavy atom. The first kappa shape index (κ1) is 18.9. The summed E-state index contributed by atoms with van der Waals surface area (Å²) in [7, 11) is 2.99. The van der Waals surface area contributed by atoms with Gasteiger partial charge in [-0.2, -0.15) is 0 Å². The number of hydrogen-bond acceptors (Lipinski definition) is 5. The quantitative estimate of drug-likeness (QED) is 0.724. The monoisotopic (exact) mass is 396 g/mol. The van der Waals surface area contributed by atoms with Crippen LogP contribution >= 0.6 is 23.2 Å². The Hall–Kier alpha value is -1.89. The van der Waals surface area contributed by atoms with Crippen molar-refractivity contribution in [3.8, 4) is 5.75 Å². The third-order valence-corrected chi connectivity index (χ3v) is 5.50. The topological polar surface area (TPSA) is 68.7 Å². The predicted molar refractivity (Wildman–Crippen MR) is 98.9 cm³/mol. The van der Waals surface area contributed by atoms with Gasteiger partial charge in [0.15, 0.2) is 0 Å². The van der Waals surface area contributed by atoms with Crippen LogP contribution in [0.15, 0.2) is 6.07 Å². The molecule has 2 heterocycles. The van der Waals surface area contributed by atoms with Gasteiger partial charge in [-0.15, -0.1) is 0 Å². The van der Waals surface area contributed by atoms with E-state index < -0.39 is 0 Å². The summed E-state index contributed by atoms with van der Waals surface area (Å²) in [4.78, 5) is 29.8. The minimum absolute atomic E-state index is 0.0113. The van der Waals surface area contributed by atoms with Crippen LogP contribution in [-0.2, 0) is 27.3 Å². The van der Waals surface area contributed by atoms with Gasteiger partial charge in [-0.3, -0.25) is 9.78 Å². The van der Waals surface area contributed by atoms with Gasteiger partial charge in [-0.05, 0) is 24.1 Å². The summed E-state index contributed by atoms with van der Waals surface area (Å²) in [5, 5.41) is 1.30. The molecule has 0 fully saturated rings. The third kappa shape index (κ3) is 2.92. The maximum atomic E-state index is 12.4. The smallest absolute Gasteiger partial charge is 0.249 e. The molecular formula is C18H18Cl2N2O4. The molecule has 0 saturated carbocycles. The number of nitrogens with zero attached hydrogens (tertiary/aromatic N) is 2. The van der Waals surface area contributed by atoms with E-state index in [0.29, 0.717) is 23.5 Å². The Morgan fingerprint density at radius 2 is 2.12 bits per heavy atom. The Bertz CT molecular complexity index is 901. The number of pyridine rings is 1. The second-order valence-corrected chi connectivity index (χ2v) is 6.81. The molecular weight excluding hydrogens is 379 g/mol.